The summed E-state index contributed by atoms with van der Waals surface area (Å²) in [5.74, 6) is -0.473. The van der Waals surface area contributed by atoms with Crippen molar-refractivity contribution in [2.75, 3.05) is 0 Å². The van der Waals surface area contributed by atoms with Crippen molar-refractivity contribution < 1.29 is 9.90 Å². The second kappa shape index (κ2) is 2.87. The second-order valence-electron chi connectivity index (χ2n) is 3.58. The number of benzene rings is 1. The van der Waals surface area contributed by atoms with E-state index in [9.17, 15) is 9.90 Å². The first-order valence-corrected chi connectivity index (χ1v) is 4.51. The SMILES string of the molecule is Cc1c(C([O])=O)cccc1C1CC1. The molecule has 0 saturated heterocycles. The third kappa shape index (κ3) is 1.44. The number of carbonyl (C=O) groups excluding carboxylic acids is 1. The normalized spacial score (nSPS) is 15.8. The molecule has 0 amide bonds. The van der Waals surface area contributed by atoms with E-state index in [1.54, 1.807) is 12.1 Å². The van der Waals surface area contributed by atoms with Crippen molar-refractivity contribution in [3.05, 3.63) is 34.9 Å². The molecule has 1 aromatic rings. The molecule has 67 valence electrons. The Hall–Kier alpha value is -1.31. The van der Waals surface area contributed by atoms with Crippen LogP contribution in [0.1, 0.15) is 40.2 Å². The molecule has 1 fully saturated rings. The fourth-order valence-electron chi connectivity index (χ4n) is 1.71. The lowest BCUT2D eigenvalue weighted by Gasteiger charge is -2.05. The first-order chi connectivity index (χ1) is 6.20. The molecule has 1 saturated carbocycles. The average Bonchev–Trinajstić information content (AvgIpc) is 2.87. The van der Waals surface area contributed by atoms with Crippen LogP contribution in [0.15, 0.2) is 18.2 Å². The Labute approximate surface area is 77.2 Å². The Balaban J connectivity index is 2.47. The minimum absolute atomic E-state index is 0.337. The first-order valence-electron chi connectivity index (χ1n) is 4.51. The van der Waals surface area contributed by atoms with E-state index in [1.807, 2.05) is 13.0 Å². The van der Waals surface area contributed by atoms with Gasteiger partial charge in [-0.2, -0.15) is 0 Å². The maximum atomic E-state index is 10.7. The van der Waals surface area contributed by atoms with Gasteiger partial charge in [-0.1, -0.05) is 12.1 Å². The van der Waals surface area contributed by atoms with Crippen LogP contribution >= 0.6 is 0 Å². The molecule has 1 aromatic carbocycles. The van der Waals surface area contributed by atoms with E-state index in [0.717, 1.165) is 5.56 Å². The van der Waals surface area contributed by atoms with E-state index in [-0.39, 0.29) is 0 Å². The van der Waals surface area contributed by atoms with E-state index in [4.69, 9.17) is 0 Å². The number of hydrogen-bond donors (Lipinski definition) is 0. The van der Waals surface area contributed by atoms with Gasteiger partial charge in [-0.3, -0.25) is 0 Å². The summed E-state index contributed by atoms with van der Waals surface area (Å²) >= 11 is 0. The molecule has 2 heteroatoms. The average molecular weight is 175 g/mol. The Morgan fingerprint density at radius 3 is 2.62 bits per heavy atom. The summed E-state index contributed by atoms with van der Waals surface area (Å²) in [7, 11) is 0. The van der Waals surface area contributed by atoms with Crippen molar-refractivity contribution in [2.45, 2.75) is 25.7 Å². The summed E-state index contributed by atoms with van der Waals surface area (Å²) in [5, 5.41) is 10.7. The lowest BCUT2D eigenvalue weighted by atomic mass is 9.99. The van der Waals surface area contributed by atoms with Crippen LogP contribution in [0, 0.1) is 6.92 Å². The predicted octanol–water partition coefficient (Wildman–Crippen LogP) is 2.44. The zero-order valence-corrected chi connectivity index (χ0v) is 7.54. The second-order valence-corrected chi connectivity index (χ2v) is 3.58. The smallest absolute Gasteiger partial charge is 0.241 e. The monoisotopic (exact) mass is 175 g/mol. The summed E-state index contributed by atoms with van der Waals surface area (Å²) in [6.45, 7) is 1.86. The van der Waals surface area contributed by atoms with Crippen LogP contribution in [-0.2, 0) is 5.11 Å². The molecular weight excluding hydrogens is 164 g/mol. The zero-order valence-electron chi connectivity index (χ0n) is 7.54. The highest BCUT2D eigenvalue weighted by Crippen LogP contribution is 2.41. The van der Waals surface area contributed by atoms with Gasteiger partial charge in [-0.05, 0) is 42.9 Å². The molecule has 0 aromatic heterocycles. The quantitative estimate of drug-likeness (QED) is 0.680. The van der Waals surface area contributed by atoms with Gasteiger partial charge in [-0.15, -0.1) is 0 Å². The minimum Gasteiger partial charge on any atom is -0.241 e. The standard InChI is InChI=1S/C11H11O2/c1-7-9(8-5-6-8)3-2-4-10(7)11(12)13/h2-4,8H,5-6H2,1H3. The van der Waals surface area contributed by atoms with Crippen molar-refractivity contribution in [3.8, 4) is 0 Å². The van der Waals surface area contributed by atoms with Gasteiger partial charge in [0, 0.05) is 0 Å². The van der Waals surface area contributed by atoms with Gasteiger partial charge in [-0.25, -0.2) is 9.90 Å². The molecule has 1 aliphatic carbocycles. The summed E-state index contributed by atoms with van der Waals surface area (Å²) < 4.78 is 0. The molecule has 0 heterocycles. The van der Waals surface area contributed by atoms with Gasteiger partial charge in [0.25, 0.3) is 0 Å². The number of hydrogen-bond acceptors (Lipinski definition) is 1. The lowest BCUT2D eigenvalue weighted by Crippen LogP contribution is -2.00. The van der Waals surface area contributed by atoms with Gasteiger partial charge in [0.2, 0.25) is 0 Å². The van der Waals surface area contributed by atoms with Crippen molar-refractivity contribution in [3.63, 3.8) is 0 Å². The van der Waals surface area contributed by atoms with Gasteiger partial charge in [0.1, 0.15) is 0 Å². The van der Waals surface area contributed by atoms with E-state index in [2.05, 4.69) is 0 Å². The molecule has 0 N–H and O–H groups in total. The van der Waals surface area contributed by atoms with Crippen molar-refractivity contribution >= 4 is 5.97 Å². The highest BCUT2D eigenvalue weighted by molar-refractivity contribution is 5.89. The highest BCUT2D eigenvalue weighted by Gasteiger charge is 2.26. The molecule has 13 heavy (non-hydrogen) atoms. The summed E-state index contributed by atoms with van der Waals surface area (Å²) in [5.41, 5.74) is 2.40. The van der Waals surface area contributed by atoms with Crippen LogP contribution in [-0.4, -0.2) is 5.97 Å². The molecule has 2 nitrogen and oxygen atoms in total. The van der Waals surface area contributed by atoms with E-state index in [1.165, 1.54) is 18.4 Å². The van der Waals surface area contributed by atoms with E-state index < -0.39 is 5.97 Å². The molecule has 0 unspecified atom stereocenters. The Kier molecular flexibility index (Phi) is 1.83. The minimum atomic E-state index is -1.07. The number of rotatable bonds is 2. The zero-order chi connectivity index (χ0) is 9.42. The number of carbonyl (C=O) groups is 1. The third-order valence-corrected chi connectivity index (χ3v) is 2.61. The Morgan fingerprint density at radius 2 is 2.08 bits per heavy atom. The van der Waals surface area contributed by atoms with Gasteiger partial charge < -0.3 is 0 Å². The summed E-state index contributed by atoms with van der Waals surface area (Å²) in [6, 6.07) is 5.42. The molecule has 2 rings (SSSR count). The van der Waals surface area contributed by atoms with Crippen LogP contribution in [0.2, 0.25) is 0 Å². The van der Waals surface area contributed by atoms with Gasteiger partial charge in [0.15, 0.2) is 0 Å². The van der Waals surface area contributed by atoms with Gasteiger partial charge >= 0.3 is 5.97 Å². The topological polar surface area (TPSA) is 37.0 Å². The fraction of sp³-hybridized carbons (Fsp3) is 0.364. The lowest BCUT2D eigenvalue weighted by molar-refractivity contribution is 0.0572. The van der Waals surface area contributed by atoms with Crippen LogP contribution in [0.25, 0.3) is 0 Å². The van der Waals surface area contributed by atoms with Gasteiger partial charge in [0.05, 0.1) is 5.56 Å². The fourth-order valence-corrected chi connectivity index (χ4v) is 1.71. The predicted molar refractivity (Wildman–Crippen MR) is 48.2 cm³/mol. The summed E-state index contributed by atoms with van der Waals surface area (Å²) in [6.07, 6.45) is 2.38. The summed E-state index contributed by atoms with van der Waals surface area (Å²) in [4.78, 5) is 10.7. The molecule has 0 aliphatic heterocycles. The molecular formula is C11H11O2. The van der Waals surface area contributed by atoms with Crippen molar-refractivity contribution in [2.24, 2.45) is 0 Å². The Bertz CT molecular complexity index is 351. The van der Waals surface area contributed by atoms with E-state index >= 15 is 0 Å². The first kappa shape index (κ1) is 8.30. The maximum Gasteiger partial charge on any atom is 0.386 e. The van der Waals surface area contributed by atoms with Crippen LogP contribution in [0.3, 0.4) is 0 Å². The van der Waals surface area contributed by atoms with E-state index in [0.29, 0.717) is 11.5 Å². The Morgan fingerprint density at radius 1 is 1.38 bits per heavy atom. The van der Waals surface area contributed by atoms with Crippen molar-refractivity contribution in [1.82, 2.24) is 0 Å². The molecule has 0 bridgehead atoms. The molecule has 0 atom stereocenters. The molecule has 1 aliphatic rings. The van der Waals surface area contributed by atoms with Crippen molar-refractivity contribution in [1.29, 1.82) is 0 Å². The van der Waals surface area contributed by atoms with Crippen LogP contribution < -0.4 is 0 Å². The highest BCUT2D eigenvalue weighted by atomic mass is 16.4. The molecule has 1 radical (unpaired) electrons. The third-order valence-electron chi connectivity index (χ3n) is 2.61. The largest absolute Gasteiger partial charge is 0.386 e. The maximum absolute atomic E-state index is 10.7. The molecule has 0 spiro atoms. The van der Waals surface area contributed by atoms with Crippen LogP contribution in [0.4, 0.5) is 0 Å². The van der Waals surface area contributed by atoms with Crippen LogP contribution in [0.5, 0.6) is 0 Å².